The van der Waals surface area contributed by atoms with Crippen molar-refractivity contribution in [3.8, 4) is 0 Å². The Kier molecular flexibility index (Phi) is 2.79. The van der Waals surface area contributed by atoms with Crippen molar-refractivity contribution in [2.75, 3.05) is 13.3 Å². The lowest BCUT2D eigenvalue weighted by Gasteiger charge is -2.27. The second-order valence-corrected chi connectivity index (χ2v) is 7.18. The van der Waals surface area contributed by atoms with Crippen LogP contribution in [0.5, 0.6) is 0 Å². The fraction of sp³-hybridized carbons (Fsp3) is 0.417. The van der Waals surface area contributed by atoms with E-state index in [1.54, 1.807) is 13.8 Å². The van der Waals surface area contributed by atoms with Crippen LogP contribution < -0.4 is 5.76 Å². The average molecular weight is 298 g/mol. The zero-order valence-electron chi connectivity index (χ0n) is 11.0. The van der Waals surface area contributed by atoms with E-state index >= 15 is 0 Å². The molecule has 1 aliphatic heterocycles. The smallest absolute Gasteiger partial charge is 0.408 e. The molecule has 0 radical (unpaired) electrons. The van der Waals surface area contributed by atoms with Crippen molar-refractivity contribution >= 4 is 21.1 Å². The first-order valence-electron chi connectivity index (χ1n) is 6.04. The monoisotopic (exact) mass is 298 g/mol. The summed E-state index contributed by atoms with van der Waals surface area (Å²) in [4.78, 5) is 13.6. The molecule has 0 amide bonds. The molecule has 2 heterocycles. The van der Waals surface area contributed by atoms with Gasteiger partial charge in [-0.1, -0.05) is 0 Å². The van der Waals surface area contributed by atoms with Gasteiger partial charge in [-0.05, 0) is 26.0 Å². The Bertz CT molecular complexity index is 818. The number of fused-ring (bicyclic) bond motifs is 1. The summed E-state index contributed by atoms with van der Waals surface area (Å²) in [5.41, 5.74) is 0.0761. The molecule has 7 nitrogen and oxygen atoms in total. The van der Waals surface area contributed by atoms with Gasteiger partial charge in [0.2, 0.25) is 10.0 Å². The van der Waals surface area contributed by atoms with E-state index in [2.05, 4.69) is 4.98 Å². The number of hydrogen-bond acceptors (Lipinski definition) is 5. The average Bonchev–Trinajstić information content (AvgIpc) is 2.89. The molecule has 2 aromatic rings. The van der Waals surface area contributed by atoms with Crippen LogP contribution in [0.1, 0.15) is 13.8 Å². The van der Waals surface area contributed by atoms with Crippen molar-refractivity contribution in [3.63, 3.8) is 0 Å². The SMILES string of the molecule is CC1(C)COCN1S(=O)(=O)c1ccc2[nH]c(=O)oc2c1. The van der Waals surface area contributed by atoms with E-state index in [9.17, 15) is 13.2 Å². The van der Waals surface area contributed by atoms with Crippen molar-refractivity contribution in [2.24, 2.45) is 0 Å². The van der Waals surface area contributed by atoms with E-state index in [-0.39, 0.29) is 17.2 Å². The lowest BCUT2D eigenvalue weighted by Crippen LogP contribution is -2.44. The third-order valence-electron chi connectivity index (χ3n) is 3.32. The summed E-state index contributed by atoms with van der Waals surface area (Å²) in [5.74, 6) is -0.612. The molecule has 20 heavy (non-hydrogen) atoms. The Hall–Kier alpha value is -1.64. The summed E-state index contributed by atoms with van der Waals surface area (Å²) in [6.45, 7) is 3.96. The quantitative estimate of drug-likeness (QED) is 0.888. The first-order valence-corrected chi connectivity index (χ1v) is 7.48. The molecule has 0 atom stereocenters. The second-order valence-electron chi connectivity index (χ2n) is 5.32. The Morgan fingerprint density at radius 3 is 2.75 bits per heavy atom. The van der Waals surface area contributed by atoms with Gasteiger partial charge in [0.25, 0.3) is 0 Å². The summed E-state index contributed by atoms with van der Waals surface area (Å²) in [5, 5.41) is 0. The van der Waals surface area contributed by atoms with Crippen LogP contribution in [0.25, 0.3) is 11.1 Å². The summed E-state index contributed by atoms with van der Waals surface area (Å²) in [6.07, 6.45) is 0. The highest BCUT2D eigenvalue weighted by Gasteiger charge is 2.42. The summed E-state index contributed by atoms with van der Waals surface area (Å²) < 4.78 is 36.7. The number of rotatable bonds is 2. The van der Waals surface area contributed by atoms with Gasteiger partial charge in [0, 0.05) is 6.07 Å². The number of aromatic nitrogens is 1. The number of benzene rings is 1. The molecule has 0 unspecified atom stereocenters. The van der Waals surface area contributed by atoms with Gasteiger partial charge in [-0.2, -0.15) is 4.31 Å². The predicted octanol–water partition coefficient (Wildman–Crippen LogP) is 0.878. The molecule has 0 aliphatic carbocycles. The number of nitrogens with one attached hydrogen (secondary N) is 1. The lowest BCUT2D eigenvalue weighted by molar-refractivity contribution is 0.171. The van der Waals surface area contributed by atoms with Gasteiger partial charge in [-0.25, -0.2) is 13.2 Å². The maximum absolute atomic E-state index is 12.6. The summed E-state index contributed by atoms with van der Waals surface area (Å²) >= 11 is 0. The highest BCUT2D eigenvalue weighted by Crippen LogP contribution is 2.30. The van der Waals surface area contributed by atoms with E-state index in [0.29, 0.717) is 12.1 Å². The van der Waals surface area contributed by atoms with Crippen LogP contribution in [0.15, 0.2) is 32.3 Å². The molecule has 1 saturated heterocycles. The Morgan fingerprint density at radius 2 is 2.10 bits per heavy atom. The molecular formula is C12H14N2O5S. The number of nitrogens with zero attached hydrogens (tertiary/aromatic N) is 1. The van der Waals surface area contributed by atoms with Gasteiger partial charge >= 0.3 is 5.76 Å². The molecule has 1 aromatic heterocycles. The molecule has 0 spiro atoms. The van der Waals surface area contributed by atoms with Crippen molar-refractivity contribution < 1.29 is 17.6 Å². The van der Waals surface area contributed by atoms with Crippen molar-refractivity contribution in [1.82, 2.24) is 9.29 Å². The van der Waals surface area contributed by atoms with Crippen LogP contribution in [0.2, 0.25) is 0 Å². The zero-order chi connectivity index (χ0) is 14.5. The molecule has 108 valence electrons. The Labute approximate surface area is 115 Å². The van der Waals surface area contributed by atoms with Gasteiger partial charge in [-0.15, -0.1) is 0 Å². The van der Waals surface area contributed by atoms with Crippen LogP contribution in [-0.4, -0.2) is 36.6 Å². The molecule has 1 aliphatic rings. The van der Waals surface area contributed by atoms with Crippen LogP contribution >= 0.6 is 0 Å². The number of H-pyrrole nitrogens is 1. The van der Waals surface area contributed by atoms with Gasteiger partial charge < -0.3 is 9.15 Å². The summed E-state index contributed by atoms with van der Waals surface area (Å²) in [7, 11) is -3.70. The maximum atomic E-state index is 12.6. The van der Waals surface area contributed by atoms with E-state index in [1.807, 2.05) is 0 Å². The normalized spacial score (nSPS) is 19.7. The minimum atomic E-state index is -3.70. The largest absolute Gasteiger partial charge is 0.417 e. The topological polar surface area (TPSA) is 92.6 Å². The van der Waals surface area contributed by atoms with E-state index < -0.39 is 21.3 Å². The second kappa shape index (κ2) is 4.18. The number of sulfonamides is 1. The minimum absolute atomic E-state index is 0.0183. The van der Waals surface area contributed by atoms with E-state index in [1.165, 1.54) is 22.5 Å². The third-order valence-corrected chi connectivity index (χ3v) is 5.35. The first kappa shape index (κ1) is 13.3. The minimum Gasteiger partial charge on any atom is -0.408 e. The summed E-state index contributed by atoms with van der Waals surface area (Å²) in [6, 6.07) is 4.30. The highest BCUT2D eigenvalue weighted by atomic mass is 32.2. The zero-order valence-corrected chi connectivity index (χ0v) is 11.9. The van der Waals surface area contributed by atoms with Crippen LogP contribution in [0.4, 0.5) is 0 Å². The number of oxazole rings is 1. The Morgan fingerprint density at radius 1 is 1.35 bits per heavy atom. The fourth-order valence-corrected chi connectivity index (χ4v) is 3.90. The van der Waals surface area contributed by atoms with Crippen molar-refractivity contribution in [3.05, 3.63) is 28.7 Å². The van der Waals surface area contributed by atoms with Crippen molar-refractivity contribution in [2.45, 2.75) is 24.3 Å². The molecule has 1 aromatic carbocycles. The molecular weight excluding hydrogens is 284 g/mol. The predicted molar refractivity (Wildman–Crippen MR) is 70.8 cm³/mol. The van der Waals surface area contributed by atoms with Gasteiger partial charge in [0.1, 0.15) is 6.73 Å². The number of ether oxygens (including phenoxy) is 1. The van der Waals surface area contributed by atoms with Gasteiger partial charge in [-0.3, -0.25) is 4.98 Å². The molecule has 8 heteroatoms. The van der Waals surface area contributed by atoms with E-state index in [0.717, 1.165) is 0 Å². The highest BCUT2D eigenvalue weighted by molar-refractivity contribution is 7.89. The molecule has 0 saturated carbocycles. The van der Waals surface area contributed by atoms with Crippen molar-refractivity contribution in [1.29, 1.82) is 0 Å². The van der Waals surface area contributed by atoms with Gasteiger partial charge in [0.15, 0.2) is 5.58 Å². The molecule has 1 fully saturated rings. The fourth-order valence-electron chi connectivity index (χ4n) is 2.23. The number of hydrogen-bond donors (Lipinski definition) is 1. The molecule has 1 N–H and O–H groups in total. The Balaban J connectivity index is 2.11. The molecule has 0 bridgehead atoms. The standard InChI is InChI=1S/C12H14N2O5S/c1-12(2)6-18-7-14(12)20(16,17)8-3-4-9-10(5-8)19-11(15)13-9/h3-5H,6-7H2,1-2H3,(H,13,15). The third kappa shape index (κ3) is 1.96. The lowest BCUT2D eigenvalue weighted by atomic mass is 10.1. The van der Waals surface area contributed by atoms with Crippen LogP contribution in [-0.2, 0) is 14.8 Å². The van der Waals surface area contributed by atoms with Crippen LogP contribution in [0.3, 0.4) is 0 Å². The first-order chi connectivity index (χ1) is 9.30. The van der Waals surface area contributed by atoms with Gasteiger partial charge in [0.05, 0.1) is 22.6 Å². The van der Waals surface area contributed by atoms with E-state index in [4.69, 9.17) is 9.15 Å². The number of aromatic amines is 1. The van der Waals surface area contributed by atoms with Crippen LogP contribution in [0, 0.1) is 0 Å². The maximum Gasteiger partial charge on any atom is 0.417 e. The molecule has 3 rings (SSSR count).